The van der Waals surface area contributed by atoms with Crippen LogP contribution < -0.4 is 5.32 Å². The van der Waals surface area contributed by atoms with E-state index in [-0.39, 0.29) is 11.5 Å². The minimum Gasteiger partial charge on any atom is -0.336 e. The molecule has 2 aliphatic heterocycles. The van der Waals surface area contributed by atoms with Gasteiger partial charge in [-0.15, -0.1) is 0 Å². The van der Waals surface area contributed by atoms with Gasteiger partial charge in [0.25, 0.3) is 0 Å². The summed E-state index contributed by atoms with van der Waals surface area (Å²) in [5, 5.41) is 4.03. The number of hydrogen-bond donors (Lipinski definition) is 1. The quantitative estimate of drug-likeness (QED) is 0.643. The summed E-state index contributed by atoms with van der Waals surface area (Å²) in [6.07, 6.45) is 5.50. The van der Waals surface area contributed by atoms with Crippen LogP contribution in [-0.4, -0.2) is 33.1 Å². The van der Waals surface area contributed by atoms with Crippen molar-refractivity contribution in [2.24, 2.45) is 9.98 Å². The van der Waals surface area contributed by atoms with Gasteiger partial charge in [0.05, 0.1) is 18.3 Å². The van der Waals surface area contributed by atoms with Crippen LogP contribution in [0.15, 0.2) is 65.0 Å². The number of halogens is 2. The summed E-state index contributed by atoms with van der Waals surface area (Å²) in [5.41, 5.74) is 2.51. The molecule has 0 fully saturated rings. The number of hydrogen-bond acceptors (Lipinski definition) is 4. The van der Waals surface area contributed by atoms with Crippen LogP contribution >= 0.6 is 23.2 Å². The zero-order valence-electron chi connectivity index (χ0n) is 14.1. The van der Waals surface area contributed by atoms with Crippen LogP contribution in [0.25, 0.3) is 5.70 Å². The third-order valence-electron chi connectivity index (χ3n) is 4.27. The Morgan fingerprint density at radius 3 is 2.85 bits per heavy atom. The fraction of sp³-hybridized carbons (Fsp3) is 0.211. The number of rotatable bonds is 3. The highest BCUT2D eigenvalue weighted by Crippen LogP contribution is 2.30. The molecule has 0 saturated carbocycles. The predicted molar refractivity (Wildman–Crippen MR) is 106 cm³/mol. The second kappa shape index (κ2) is 7.09. The number of alkyl halides is 1. The van der Waals surface area contributed by atoms with E-state index in [1.54, 1.807) is 12.4 Å². The van der Waals surface area contributed by atoms with Crippen LogP contribution in [0, 0.1) is 0 Å². The molecule has 0 aliphatic carbocycles. The van der Waals surface area contributed by atoms with E-state index < -0.39 is 0 Å². The Balaban J connectivity index is 1.71. The van der Waals surface area contributed by atoms with Crippen molar-refractivity contribution in [3.63, 3.8) is 0 Å². The largest absolute Gasteiger partial charge is 0.336 e. The molecule has 0 bridgehead atoms. The zero-order chi connectivity index (χ0) is 18.1. The highest BCUT2D eigenvalue weighted by atomic mass is 35.5. The van der Waals surface area contributed by atoms with Gasteiger partial charge in [0.15, 0.2) is 11.7 Å². The van der Waals surface area contributed by atoms with Gasteiger partial charge >= 0.3 is 0 Å². The first kappa shape index (κ1) is 17.1. The lowest BCUT2D eigenvalue weighted by molar-refractivity contribution is 0.505. The maximum atomic E-state index is 6.55. The summed E-state index contributed by atoms with van der Waals surface area (Å²) in [6.45, 7) is 2.49. The maximum Gasteiger partial charge on any atom is 0.172 e. The molecule has 0 spiro atoms. The zero-order valence-corrected chi connectivity index (χ0v) is 15.6. The Kier molecular flexibility index (Phi) is 4.66. The standard InChI is InChI=1S/C19H17Cl2N5/c1-12-17(21)26-11-16(14-6-2-3-7-15(14)20)25-18(19(26)24-12)23-10-13-5-4-8-22-9-13/h2-9,11-12,17H,10H2,1H3,(H,23,25). The van der Waals surface area contributed by atoms with Gasteiger partial charge in [0.2, 0.25) is 0 Å². The molecule has 2 aliphatic rings. The van der Waals surface area contributed by atoms with Crippen LogP contribution in [0.2, 0.25) is 5.02 Å². The van der Waals surface area contributed by atoms with E-state index in [2.05, 4.69) is 15.3 Å². The van der Waals surface area contributed by atoms with Crippen molar-refractivity contribution < 1.29 is 0 Å². The fourth-order valence-corrected chi connectivity index (χ4v) is 3.37. The smallest absolute Gasteiger partial charge is 0.172 e. The van der Waals surface area contributed by atoms with Gasteiger partial charge in [-0.2, -0.15) is 0 Å². The summed E-state index contributed by atoms with van der Waals surface area (Å²) >= 11 is 12.9. The van der Waals surface area contributed by atoms with Crippen LogP contribution in [0.5, 0.6) is 0 Å². The van der Waals surface area contributed by atoms with Crippen LogP contribution in [-0.2, 0) is 6.54 Å². The first-order valence-electron chi connectivity index (χ1n) is 8.31. The molecule has 132 valence electrons. The number of aliphatic imine (C=N–C) groups is 2. The Bertz CT molecular complexity index is 907. The third-order valence-corrected chi connectivity index (χ3v) is 5.18. The second-order valence-electron chi connectivity index (χ2n) is 6.15. The number of fused-ring (bicyclic) bond motifs is 1. The van der Waals surface area contributed by atoms with Crippen molar-refractivity contribution in [2.75, 3.05) is 0 Å². The van der Waals surface area contributed by atoms with Crippen LogP contribution in [0.1, 0.15) is 18.1 Å². The summed E-state index contributed by atoms with van der Waals surface area (Å²) in [7, 11) is 0. The number of benzene rings is 1. The fourth-order valence-electron chi connectivity index (χ4n) is 2.93. The van der Waals surface area contributed by atoms with Crippen LogP contribution in [0.3, 0.4) is 0 Å². The van der Waals surface area contributed by atoms with E-state index in [1.165, 1.54) is 0 Å². The third kappa shape index (κ3) is 3.20. The SMILES string of the molecule is CC1N=C2C(=NCc3cccnc3)NC(c3ccccc3Cl)=CN2C1Cl. The molecule has 5 nitrogen and oxygen atoms in total. The number of aromatic nitrogens is 1. The predicted octanol–water partition coefficient (Wildman–Crippen LogP) is 3.90. The van der Waals surface area contributed by atoms with Gasteiger partial charge in [-0.25, -0.2) is 0 Å². The molecule has 2 aromatic rings. The van der Waals surface area contributed by atoms with Crippen molar-refractivity contribution in [2.45, 2.75) is 25.0 Å². The van der Waals surface area contributed by atoms with E-state index in [4.69, 9.17) is 28.2 Å². The van der Waals surface area contributed by atoms with E-state index in [0.29, 0.717) is 17.4 Å². The first-order chi connectivity index (χ1) is 12.6. The summed E-state index contributed by atoms with van der Waals surface area (Å²) < 4.78 is 0. The van der Waals surface area contributed by atoms with Crippen molar-refractivity contribution in [3.8, 4) is 0 Å². The number of pyridine rings is 1. The molecule has 26 heavy (non-hydrogen) atoms. The molecule has 0 radical (unpaired) electrons. The molecule has 4 rings (SSSR count). The van der Waals surface area contributed by atoms with Crippen molar-refractivity contribution >= 4 is 40.6 Å². The molecular weight excluding hydrogens is 369 g/mol. The van der Waals surface area contributed by atoms with E-state index >= 15 is 0 Å². The van der Waals surface area contributed by atoms with Crippen molar-refractivity contribution in [1.29, 1.82) is 0 Å². The molecule has 0 saturated heterocycles. The van der Waals surface area contributed by atoms with Gasteiger partial charge < -0.3 is 10.2 Å². The molecule has 1 N–H and O–H groups in total. The van der Waals surface area contributed by atoms with E-state index in [0.717, 1.165) is 22.7 Å². The minimum absolute atomic E-state index is 0.0288. The average Bonchev–Trinajstić information content (AvgIpc) is 2.95. The van der Waals surface area contributed by atoms with E-state index in [1.807, 2.05) is 54.4 Å². The molecular formula is C19H17Cl2N5. The van der Waals surface area contributed by atoms with Crippen molar-refractivity contribution in [3.05, 3.63) is 71.1 Å². The lowest BCUT2D eigenvalue weighted by Gasteiger charge is -2.29. The summed E-state index contributed by atoms with van der Waals surface area (Å²) in [4.78, 5) is 15.5. The summed E-state index contributed by atoms with van der Waals surface area (Å²) in [5.74, 6) is 1.43. The highest BCUT2D eigenvalue weighted by molar-refractivity contribution is 6.45. The first-order valence-corrected chi connectivity index (χ1v) is 9.12. The second-order valence-corrected chi connectivity index (χ2v) is 7.00. The van der Waals surface area contributed by atoms with Gasteiger partial charge in [-0.3, -0.25) is 15.0 Å². The highest BCUT2D eigenvalue weighted by Gasteiger charge is 2.37. The molecule has 3 heterocycles. The summed E-state index contributed by atoms with van der Waals surface area (Å²) in [6, 6.07) is 11.5. The van der Waals surface area contributed by atoms with Gasteiger partial charge in [-0.1, -0.05) is 47.5 Å². The molecule has 1 aromatic carbocycles. The maximum absolute atomic E-state index is 6.55. The molecule has 7 heteroatoms. The van der Waals surface area contributed by atoms with E-state index in [9.17, 15) is 0 Å². The molecule has 0 amide bonds. The minimum atomic E-state index is -0.256. The Labute approximate surface area is 162 Å². The Morgan fingerprint density at radius 1 is 1.23 bits per heavy atom. The lowest BCUT2D eigenvalue weighted by atomic mass is 10.1. The van der Waals surface area contributed by atoms with Crippen molar-refractivity contribution in [1.82, 2.24) is 15.2 Å². The monoisotopic (exact) mass is 385 g/mol. The van der Waals surface area contributed by atoms with Gasteiger partial charge in [0, 0.05) is 29.2 Å². The molecule has 2 atom stereocenters. The molecule has 1 aromatic heterocycles. The molecule has 2 unspecified atom stereocenters. The average molecular weight is 386 g/mol. The Morgan fingerprint density at radius 2 is 2.08 bits per heavy atom. The number of nitrogens with one attached hydrogen (secondary N) is 1. The Hall–Kier alpha value is -2.37. The van der Waals surface area contributed by atoms with Gasteiger partial charge in [0.1, 0.15) is 5.50 Å². The van der Waals surface area contributed by atoms with Crippen LogP contribution in [0.4, 0.5) is 0 Å². The lowest BCUT2D eigenvalue weighted by Crippen LogP contribution is -2.45. The number of amidine groups is 2. The topological polar surface area (TPSA) is 52.9 Å². The number of nitrogens with zero attached hydrogens (tertiary/aromatic N) is 4. The van der Waals surface area contributed by atoms with Gasteiger partial charge in [-0.05, 0) is 24.6 Å². The normalized spacial score (nSPS) is 23.3.